The van der Waals surface area contributed by atoms with Gasteiger partial charge in [-0.05, 0) is 54.8 Å². The van der Waals surface area contributed by atoms with Crippen molar-refractivity contribution in [1.29, 1.82) is 0 Å². The first-order valence-electron chi connectivity index (χ1n) is 15.9. The summed E-state index contributed by atoms with van der Waals surface area (Å²) in [6.07, 6.45) is 40.5. The summed E-state index contributed by atoms with van der Waals surface area (Å²) in [7, 11) is 0. The van der Waals surface area contributed by atoms with Crippen molar-refractivity contribution in [3.8, 4) is 0 Å². The third-order valence-corrected chi connectivity index (χ3v) is 10.8. The zero-order valence-corrected chi connectivity index (χ0v) is 21.8. The van der Waals surface area contributed by atoms with E-state index in [1.165, 1.54) is 57.8 Å². The van der Waals surface area contributed by atoms with E-state index >= 15 is 0 Å². The van der Waals surface area contributed by atoms with Crippen molar-refractivity contribution in [1.82, 2.24) is 0 Å². The maximum atomic E-state index is 1.64. The van der Waals surface area contributed by atoms with Crippen LogP contribution in [0.15, 0.2) is 0 Å². The molecule has 4 unspecified atom stereocenters. The smallest absolute Gasteiger partial charge is 0.0355 e. The summed E-state index contributed by atoms with van der Waals surface area (Å²) >= 11 is 0. The number of hydrogen-bond donors (Lipinski definition) is 0. The summed E-state index contributed by atoms with van der Waals surface area (Å²) in [6.45, 7) is 0. The Labute approximate surface area is 202 Å². The van der Waals surface area contributed by atoms with Crippen LogP contribution in [0, 0.1) is 35.5 Å². The van der Waals surface area contributed by atoms with Crippen LogP contribution >= 0.6 is 0 Å². The molecule has 0 nitrogen and oxygen atoms in total. The Morgan fingerprint density at radius 2 is 0.531 bits per heavy atom. The van der Waals surface area contributed by atoms with Crippen molar-refractivity contribution < 1.29 is 0 Å². The average molecular weight is 443 g/mol. The van der Waals surface area contributed by atoms with Gasteiger partial charge in [0.2, 0.25) is 0 Å². The molecule has 0 saturated heterocycles. The largest absolute Gasteiger partial charge is 0.0533 e. The summed E-state index contributed by atoms with van der Waals surface area (Å²) in [6, 6.07) is 0. The lowest BCUT2D eigenvalue weighted by molar-refractivity contribution is 0.0724. The molecule has 4 rings (SSSR count). The van der Waals surface area contributed by atoms with Crippen LogP contribution in [0.2, 0.25) is 0 Å². The monoisotopic (exact) mass is 442 g/mol. The lowest BCUT2D eigenvalue weighted by Crippen LogP contribution is -2.33. The van der Waals surface area contributed by atoms with Crippen LogP contribution < -0.4 is 0 Å². The summed E-state index contributed by atoms with van der Waals surface area (Å²) in [4.78, 5) is 0. The first kappa shape index (κ1) is 25.1. The van der Waals surface area contributed by atoms with E-state index in [0.29, 0.717) is 0 Å². The van der Waals surface area contributed by atoms with Gasteiger partial charge in [0.25, 0.3) is 0 Å². The predicted octanol–water partition coefficient (Wildman–Crippen LogP) is 10.9. The van der Waals surface area contributed by atoms with Gasteiger partial charge in [0.15, 0.2) is 0 Å². The third-order valence-electron chi connectivity index (χ3n) is 10.8. The Morgan fingerprint density at radius 1 is 0.219 bits per heavy atom. The van der Waals surface area contributed by atoms with E-state index in [1.54, 1.807) is 109 Å². The van der Waals surface area contributed by atoms with Gasteiger partial charge in [0.1, 0.15) is 0 Å². The number of rotatable bonds is 3. The molecule has 4 atom stereocenters. The van der Waals surface area contributed by atoms with E-state index < -0.39 is 0 Å². The molecule has 0 bridgehead atoms. The molecule has 0 aromatic carbocycles. The molecule has 4 fully saturated rings. The van der Waals surface area contributed by atoms with Gasteiger partial charge in [-0.25, -0.2) is 0 Å². The first-order chi connectivity index (χ1) is 15.9. The Morgan fingerprint density at radius 3 is 1.06 bits per heavy atom. The summed E-state index contributed by atoms with van der Waals surface area (Å²) in [5.41, 5.74) is 0. The maximum Gasteiger partial charge on any atom is -0.0355 e. The van der Waals surface area contributed by atoms with Crippen molar-refractivity contribution in [2.45, 2.75) is 167 Å². The van der Waals surface area contributed by atoms with Gasteiger partial charge in [-0.15, -0.1) is 0 Å². The molecule has 0 radical (unpaired) electrons. The molecule has 32 heavy (non-hydrogen) atoms. The van der Waals surface area contributed by atoms with Gasteiger partial charge >= 0.3 is 0 Å². The zero-order valence-electron chi connectivity index (χ0n) is 21.8. The summed E-state index contributed by atoms with van der Waals surface area (Å²) in [5, 5.41) is 0. The molecule has 0 heterocycles. The van der Waals surface area contributed by atoms with Crippen molar-refractivity contribution in [2.24, 2.45) is 35.5 Å². The molecule has 0 aliphatic heterocycles. The van der Waals surface area contributed by atoms with E-state index in [0.717, 1.165) is 35.5 Å². The summed E-state index contributed by atoms with van der Waals surface area (Å²) < 4.78 is 0. The normalized spacial score (nSPS) is 36.4. The van der Waals surface area contributed by atoms with Crippen LogP contribution in [0.25, 0.3) is 0 Å². The number of hydrogen-bond acceptors (Lipinski definition) is 0. The van der Waals surface area contributed by atoms with Crippen LogP contribution in [-0.2, 0) is 0 Å². The fraction of sp³-hybridized carbons (Fsp3) is 1.00. The highest BCUT2D eigenvalue weighted by molar-refractivity contribution is 4.87. The van der Waals surface area contributed by atoms with E-state index in [2.05, 4.69) is 0 Å². The summed E-state index contributed by atoms with van der Waals surface area (Å²) in [5.74, 6) is 6.53. The molecular formula is C32H58. The molecule has 0 spiro atoms. The van der Waals surface area contributed by atoms with Crippen molar-refractivity contribution >= 4 is 0 Å². The molecule has 0 heteroatoms. The molecule has 4 aliphatic rings. The van der Waals surface area contributed by atoms with Gasteiger partial charge < -0.3 is 0 Å². The molecular weight excluding hydrogens is 384 g/mol. The Hall–Kier alpha value is 0. The lowest BCUT2D eigenvalue weighted by atomic mass is 9.62. The fourth-order valence-corrected chi connectivity index (χ4v) is 9.02. The standard InChI is InChI=1S/C32H58/c1-2-7-17-25-32(31(24-16-6-1)28-20-14-9-15-21-28)30-23-11-5-3-4-10-22-29(26-30)27-18-12-8-13-19-27/h27-32H,1-26H2. The van der Waals surface area contributed by atoms with Crippen molar-refractivity contribution in [3.05, 3.63) is 0 Å². The molecule has 0 N–H and O–H groups in total. The van der Waals surface area contributed by atoms with Crippen LogP contribution in [-0.4, -0.2) is 0 Å². The van der Waals surface area contributed by atoms with E-state index in [4.69, 9.17) is 0 Å². The molecule has 0 aromatic heterocycles. The topological polar surface area (TPSA) is 0 Å². The Balaban J connectivity index is 1.52. The SMILES string of the molecule is C1CCCC(C2CCCCC2)CC(C2CCCCCCCCC2C2CCCCC2)CCC1. The minimum Gasteiger partial charge on any atom is -0.0533 e. The van der Waals surface area contributed by atoms with Gasteiger partial charge in [0, 0.05) is 0 Å². The Kier molecular flexibility index (Phi) is 11.3. The van der Waals surface area contributed by atoms with Crippen molar-refractivity contribution in [3.63, 3.8) is 0 Å². The van der Waals surface area contributed by atoms with Crippen LogP contribution in [0.1, 0.15) is 167 Å². The second kappa shape index (κ2) is 14.4. The van der Waals surface area contributed by atoms with Crippen LogP contribution in [0.5, 0.6) is 0 Å². The highest BCUT2D eigenvalue weighted by Crippen LogP contribution is 2.47. The van der Waals surface area contributed by atoms with Gasteiger partial charge in [-0.3, -0.25) is 0 Å². The van der Waals surface area contributed by atoms with Crippen LogP contribution in [0.3, 0.4) is 0 Å². The predicted molar refractivity (Wildman–Crippen MR) is 141 cm³/mol. The minimum absolute atomic E-state index is 1.08. The molecule has 186 valence electrons. The second-order valence-electron chi connectivity index (χ2n) is 12.9. The highest BCUT2D eigenvalue weighted by atomic mass is 14.4. The van der Waals surface area contributed by atoms with Gasteiger partial charge in [-0.1, -0.05) is 148 Å². The zero-order chi connectivity index (χ0) is 21.8. The Bertz CT molecular complexity index is 468. The quantitative estimate of drug-likeness (QED) is 0.407. The van der Waals surface area contributed by atoms with E-state index in [1.807, 2.05) is 0 Å². The molecule has 4 saturated carbocycles. The maximum absolute atomic E-state index is 1.64. The minimum atomic E-state index is 1.08. The first-order valence-corrected chi connectivity index (χ1v) is 15.9. The fourth-order valence-electron chi connectivity index (χ4n) is 9.02. The molecule has 4 aliphatic carbocycles. The highest BCUT2D eigenvalue weighted by Gasteiger charge is 2.37. The van der Waals surface area contributed by atoms with Gasteiger partial charge in [0.05, 0.1) is 0 Å². The van der Waals surface area contributed by atoms with Crippen LogP contribution in [0.4, 0.5) is 0 Å². The lowest BCUT2D eigenvalue weighted by Gasteiger charge is -2.43. The van der Waals surface area contributed by atoms with Gasteiger partial charge in [-0.2, -0.15) is 0 Å². The second-order valence-corrected chi connectivity index (χ2v) is 12.9. The van der Waals surface area contributed by atoms with E-state index in [9.17, 15) is 0 Å². The molecule has 0 amide bonds. The molecule has 0 aromatic rings. The van der Waals surface area contributed by atoms with E-state index in [-0.39, 0.29) is 0 Å². The van der Waals surface area contributed by atoms with Crippen molar-refractivity contribution in [2.75, 3.05) is 0 Å². The third kappa shape index (κ3) is 7.77. The average Bonchev–Trinajstić information content (AvgIpc) is 2.86.